The summed E-state index contributed by atoms with van der Waals surface area (Å²) in [4.78, 5) is 17.0. The number of rotatable bonds is 4. The fourth-order valence-electron chi connectivity index (χ4n) is 5.73. The molecule has 1 atom stereocenters. The van der Waals surface area contributed by atoms with Gasteiger partial charge in [-0.3, -0.25) is 9.69 Å². The maximum atomic E-state index is 13.6. The first kappa shape index (κ1) is 22.6. The number of nitrogens with zero attached hydrogens (tertiary/aromatic N) is 3. The fourth-order valence-corrected chi connectivity index (χ4v) is 7.31. The van der Waals surface area contributed by atoms with E-state index in [1.165, 1.54) is 11.1 Å². The summed E-state index contributed by atoms with van der Waals surface area (Å²) in [5, 5.41) is 0. The Morgan fingerprint density at radius 3 is 2.61 bits per heavy atom. The summed E-state index contributed by atoms with van der Waals surface area (Å²) in [5.41, 5.74) is 3.70. The van der Waals surface area contributed by atoms with Crippen LogP contribution in [0.3, 0.4) is 0 Å². The van der Waals surface area contributed by atoms with Crippen LogP contribution in [-0.2, 0) is 33.2 Å². The van der Waals surface area contributed by atoms with Gasteiger partial charge in [0.2, 0.25) is 15.9 Å². The van der Waals surface area contributed by atoms with E-state index in [-0.39, 0.29) is 5.91 Å². The minimum atomic E-state index is -3.61. The molecule has 0 bridgehead atoms. The van der Waals surface area contributed by atoms with Gasteiger partial charge in [0.05, 0.1) is 10.3 Å². The zero-order valence-corrected chi connectivity index (χ0v) is 20.6. The number of carbonyl (C=O) groups excluding carboxylic acids is 1. The van der Waals surface area contributed by atoms with Crippen molar-refractivity contribution in [2.24, 2.45) is 5.92 Å². The highest BCUT2D eigenvalue weighted by molar-refractivity contribution is 7.89. The monoisotopic (exact) mass is 467 g/mol. The normalized spacial score (nSPS) is 23.4. The second-order valence-electron chi connectivity index (χ2n) is 10.3. The Morgan fingerprint density at radius 1 is 1.06 bits per heavy atom. The van der Waals surface area contributed by atoms with E-state index in [1.807, 2.05) is 13.8 Å². The molecule has 176 valence electrons. The number of sulfonamides is 1. The summed E-state index contributed by atoms with van der Waals surface area (Å²) in [6.45, 7) is 7.74. The zero-order valence-electron chi connectivity index (χ0n) is 19.8. The maximum absolute atomic E-state index is 13.6. The highest BCUT2D eigenvalue weighted by Crippen LogP contribution is 2.42. The number of piperidine rings is 1. The van der Waals surface area contributed by atoms with Crippen molar-refractivity contribution < 1.29 is 13.2 Å². The first-order chi connectivity index (χ1) is 15.7. The minimum Gasteiger partial charge on any atom is -0.314 e. The van der Waals surface area contributed by atoms with Crippen LogP contribution in [-0.4, -0.2) is 56.8 Å². The van der Waals surface area contributed by atoms with Crippen LogP contribution in [0.4, 0.5) is 5.69 Å². The zero-order chi connectivity index (χ0) is 23.4. The van der Waals surface area contributed by atoms with E-state index in [2.05, 4.69) is 29.2 Å². The summed E-state index contributed by atoms with van der Waals surface area (Å²) in [6, 6.07) is 13.8. The largest absolute Gasteiger partial charge is 0.314 e. The summed E-state index contributed by atoms with van der Waals surface area (Å²) in [6.07, 6.45) is 3.00. The van der Waals surface area contributed by atoms with E-state index < -0.39 is 15.4 Å². The van der Waals surface area contributed by atoms with Gasteiger partial charge in [-0.1, -0.05) is 24.3 Å². The second kappa shape index (κ2) is 8.22. The predicted molar refractivity (Wildman–Crippen MR) is 130 cm³/mol. The molecule has 0 saturated carbocycles. The molecule has 0 radical (unpaired) electrons. The van der Waals surface area contributed by atoms with Crippen LogP contribution < -0.4 is 4.90 Å². The van der Waals surface area contributed by atoms with E-state index in [0.717, 1.165) is 50.1 Å². The highest BCUT2D eigenvalue weighted by Gasteiger charge is 2.43. The summed E-state index contributed by atoms with van der Waals surface area (Å²) >= 11 is 0. The molecule has 3 aliphatic heterocycles. The molecule has 0 N–H and O–H groups in total. The van der Waals surface area contributed by atoms with Gasteiger partial charge < -0.3 is 4.90 Å². The molecule has 0 aliphatic carbocycles. The van der Waals surface area contributed by atoms with E-state index >= 15 is 0 Å². The Balaban J connectivity index is 1.32. The van der Waals surface area contributed by atoms with Crippen molar-refractivity contribution in [2.45, 2.75) is 50.0 Å². The number of hydrogen-bond donors (Lipinski definition) is 0. The molecular formula is C26H33N3O3S. The number of fused-ring (bicyclic) bond motifs is 2. The topological polar surface area (TPSA) is 60.9 Å². The average Bonchev–Trinajstić information content (AvgIpc) is 2.99. The SMILES string of the molecule is CN1C(=O)C(C)(C)c2cc(S(=O)(=O)N3CCCC(CN4CCc5ccccc5C4)C3)ccc21. The number of amides is 1. The van der Waals surface area contributed by atoms with Crippen molar-refractivity contribution in [1.29, 1.82) is 0 Å². The summed E-state index contributed by atoms with van der Waals surface area (Å²) in [5.74, 6) is 0.325. The number of anilines is 1. The highest BCUT2D eigenvalue weighted by atomic mass is 32.2. The predicted octanol–water partition coefficient (Wildman–Crippen LogP) is 3.40. The first-order valence-corrected chi connectivity index (χ1v) is 13.3. The van der Waals surface area contributed by atoms with Gasteiger partial charge in [-0.05, 0) is 73.9 Å². The molecule has 0 spiro atoms. The lowest BCUT2D eigenvalue weighted by Gasteiger charge is -2.36. The Hall–Kier alpha value is -2.22. The minimum absolute atomic E-state index is 0.00631. The number of carbonyl (C=O) groups is 1. The van der Waals surface area contributed by atoms with Crippen molar-refractivity contribution in [1.82, 2.24) is 9.21 Å². The molecule has 3 aliphatic rings. The van der Waals surface area contributed by atoms with Crippen molar-refractivity contribution in [3.63, 3.8) is 0 Å². The van der Waals surface area contributed by atoms with E-state index in [1.54, 1.807) is 34.5 Å². The average molecular weight is 468 g/mol. The molecule has 1 unspecified atom stereocenters. The summed E-state index contributed by atoms with van der Waals surface area (Å²) < 4.78 is 28.8. The van der Waals surface area contributed by atoms with Crippen LogP contribution in [0, 0.1) is 5.92 Å². The van der Waals surface area contributed by atoms with Crippen LogP contribution >= 0.6 is 0 Å². The van der Waals surface area contributed by atoms with Gasteiger partial charge in [0, 0.05) is 45.5 Å². The third kappa shape index (κ3) is 3.90. The Kier molecular flexibility index (Phi) is 5.62. The van der Waals surface area contributed by atoms with Gasteiger partial charge in [-0.2, -0.15) is 4.31 Å². The van der Waals surface area contributed by atoms with E-state index in [9.17, 15) is 13.2 Å². The van der Waals surface area contributed by atoms with Crippen molar-refractivity contribution in [2.75, 3.05) is 38.1 Å². The molecule has 2 aromatic carbocycles. The quantitative estimate of drug-likeness (QED) is 0.692. The van der Waals surface area contributed by atoms with Crippen molar-refractivity contribution >= 4 is 21.6 Å². The molecule has 2 aromatic rings. The lowest BCUT2D eigenvalue weighted by Crippen LogP contribution is -2.44. The molecule has 1 amide bonds. The number of hydrogen-bond acceptors (Lipinski definition) is 4. The van der Waals surface area contributed by atoms with Crippen LogP contribution in [0.1, 0.15) is 43.4 Å². The van der Waals surface area contributed by atoms with E-state index in [0.29, 0.717) is 23.9 Å². The first-order valence-electron chi connectivity index (χ1n) is 11.9. The molecule has 6 nitrogen and oxygen atoms in total. The molecule has 0 aromatic heterocycles. The Bertz CT molecular complexity index is 1190. The van der Waals surface area contributed by atoms with Gasteiger partial charge in [0.1, 0.15) is 0 Å². The van der Waals surface area contributed by atoms with Crippen LogP contribution in [0.25, 0.3) is 0 Å². The molecule has 5 rings (SSSR count). The number of likely N-dealkylation sites (N-methyl/N-ethyl adjacent to an activating group) is 1. The fraction of sp³-hybridized carbons (Fsp3) is 0.500. The standard InChI is InChI=1S/C26H33N3O3S/c1-26(2)23-15-22(10-11-24(23)27(3)25(26)30)33(31,32)29-13-6-7-19(17-29)16-28-14-12-20-8-4-5-9-21(20)18-28/h4-5,8-11,15,19H,6-7,12-14,16-18H2,1-3H3. The molecule has 7 heteroatoms. The number of benzene rings is 2. The van der Waals surface area contributed by atoms with Crippen LogP contribution in [0.15, 0.2) is 47.4 Å². The Morgan fingerprint density at radius 2 is 1.82 bits per heavy atom. The second-order valence-corrected chi connectivity index (χ2v) is 12.2. The maximum Gasteiger partial charge on any atom is 0.243 e. The smallest absolute Gasteiger partial charge is 0.243 e. The van der Waals surface area contributed by atoms with Crippen molar-refractivity contribution in [3.05, 3.63) is 59.2 Å². The molecule has 33 heavy (non-hydrogen) atoms. The van der Waals surface area contributed by atoms with Crippen LogP contribution in [0.2, 0.25) is 0 Å². The molecule has 1 fully saturated rings. The lowest BCUT2D eigenvalue weighted by atomic mass is 9.86. The van der Waals surface area contributed by atoms with Gasteiger partial charge in [-0.25, -0.2) is 8.42 Å². The van der Waals surface area contributed by atoms with Gasteiger partial charge in [0.15, 0.2) is 0 Å². The lowest BCUT2D eigenvalue weighted by molar-refractivity contribution is -0.121. The van der Waals surface area contributed by atoms with Gasteiger partial charge >= 0.3 is 0 Å². The molecule has 1 saturated heterocycles. The third-order valence-electron chi connectivity index (χ3n) is 7.69. The van der Waals surface area contributed by atoms with Gasteiger partial charge in [0.25, 0.3) is 0 Å². The van der Waals surface area contributed by atoms with Gasteiger partial charge in [-0.15, -0.1) is 0 Å². The molecule has 3 heterocycles. The molecular weight excluding hydrogens is 434 g/mol. The van der Waals surface area contributed by atoms with E-state index in [4.69, 9.17) is 0 Å². The summed E-state index contributed by atoms with van der Waals surface area (Å²) in [7, 11) is -1.86. The van der Waals surface area contributed by atoms with Crippen molar-refractivity contribution in [3.8, 4) is 0 Å². The third-order valence-corrected chi connectivity index (χ3v) is 9.55. The Labute approximate surface area is 197 Å². The van der Waals surface area contributed by atoms with Crippen LogP contribution in [0.5, 0.6) is 0 Å².